The van der Waals surface area contributed by atoms with Crippen molar-refractivity contribution in [3.8, 4) is 0 Å². The molecule has 0 saturated carbocycles. The van der Waals surface area contributed by atoms with Crippen molar-refractivity contribution in [2.45, 2.75) is 6.61 Å². The van der Waals surface area contributed by atoms with Gasteiger partial charge in [-0.05, 0) is 5.56 Å². The van der Waals surface area contributed by atoms with Gasteiger partial charge in [-0.3, -0.25) is 0 Å². The predicted octanol–water partition coefficient (Wildman–Crippen LogP) is 2.82. The molecular formula is C15H19ClN4O. The van der Waals surface area contributed by atoms with Crippen LogP contribution in [0.15, 0.2) is 36.7 Å². The second kappa shape index (κ2) is 7.81. The number of aromatic nitrogens is 2. The van der Waals surface area contributed by atoms with Crippen molar-refractivity contribution in [1.29, 1.82) is 0 Å². The van der Waals surface area contributed by atoms with E-state index in [1.807, 2.05) is 42.3 Å². The third-order valence-electron chi connectivity index (χ3n) is 3.08. The molecule has 0 aliphatic rings. The van der Waals surface area contributed by atoms with Crippen molar-refractivity contribution in [3.05, 3.63) is 47.4 Å². The number of anilines is 2. The van der Waals surface area contributed by atoms with E-state index >= 15 is 0 Å². The van der Waals surface area contributed by atoms with Gasteiger partial charge in [0.15, 0.2) is 11.0 Å². The second-order valence-corrected chi connectivity index (χ2v) is 4.93. The van der Waals surface area contributed by atoms with Crippen LogP contribution in [0.4, 0.5) is 11.5 Å². The molecule has 1 aromatic heterocycles. The van der Waals surface area contributed by atoms with Crippen LogP contribution in [0.1, 0.15) is 5.56 Å². The number of hydrogen-bond donors (Lipinski definition) is 1. The number of hydrogen-bond acceptors (Lipinski definition) is 5. The van der Waals surface area contributed by atoms with E-state index in [2.05, 4.69) is 15.3 Å². The van der Waals surface area contributed by atoms with E-state index in [-0.39, 0.29) is 0 Å². The van der Waals surface area contributed by atoms with Crippen LogP contribution in [0.25, 0.3) is 0 Å². The van der Waals surface area contributed by atoms with Gasteiger partial charge in [0.25, 0.3) is 0 Å². The maximum atomic E-state index is 6.04. The Bertz CT molecular complexity index is 565. The molecule has 0 unspecified atom stereocenters. The van der Waals surface area contributed by atoms with Gasteiger partial charge in [0, 0.05) is 20.6 Å². The lowest BCUT2D eigenvalue weighted by atomic mass is 10.2. The van der Waals surface area contributed by atoms with Gasteiger partial charge in [0.05, 0.1) is 13.2 Å². The van der Waals surface area contributed by atoms with E-state index in [4.69, 9.17) is 16.3 Å². The van der Waals surface area contributed by atoms with Gasteiger partial charge >= 0.3 is 0 Å². The molecule has 0 amide bonds. The van der Waals surface area contributed by atoms with Crippen LogP contribution in [0.2, 0.25) is 5.15 Å². The smallest absolute Gasteiger partial charge is 0.157 e. The van der Waals surface area contributed by atoms with Crippen molar-refractivity contribution < 1.29 is 4.74 Å². The number of ether oxygens (including phenoxy) is 1. The number of rotatable bonds is 7. The Morgan fingerprint density at radius 1 is 1.24 bits per heavy atom. The first-order chi connectivity index (χ1) is 10.2. The molecule has 0 spiro atoms. The SMILES string of the molecule is CNc1c(Cl)ncnc1N(C)CCOCc1ccccc1. The largest absolute Gasteiger partial charge is 0.383 e. The first kappa shape index (κ1) is 15.5. The van der Waals surface area contributed by atoms with Crippen LogP contribution in [-0.2, 0) is 11.3 Å². The van der Waals surface area contributed by atoms with E-state index in [9.17, 15) is 0 Å². The summed E-state index contributed by atoms with van der Waals surface area (Å²) in [7, 11) is 3.75. The first-order valence-electron chi connectivity index (χ1n) is 6.73. The summed E-state index contributed by atoms with van der Waals surface area (Å²) in [6.45, 7) is 1.93. The van der Waals surface area contributed by atoms with Crippen molar-refractivity contribution in [3.63, 3.8) is 0 Å². The zero-order chi connectivity index (χ0) is 15.1. The van der Waals surface area contributed by atoms with E-state index in [1.165, 1.54) is 11.9 Å². The molecule has 0 radical (unpaired) electrons. The number of benzene rings is 1. The maximum absolute atomic E-state index is 6.04. The summed E-state index contributed by atoms with van der Waals surface area (Å²) in [6.07, 6.45) is 1.46. The Hall–Kier alpha value is -1.85. The van der Waals surface area contributed by atoms with Gasteiger partial charge in [-0.1, -0.05) is 41.9 Å². The summed E-state index contributed by atoms with van der Waals surface area (Å²) in [6, 6.07) is 10.1. The summed E-state index contributed by atoms with van der Waals surface area (Å²) < 4.78 is 5.68. The lowest BCUT2D eigenvalue weighted by Crippen LogP contribution is -2.24. The van der Waals surface area contributed by atoms with Crippen LogP contribution in [0.5, 0.6) is 0 Å². The molecular weight excluding hydrogens is 288 g/mol. The van der Waals surface area contributed by atoms with E-state index in [0.717, 1.165) is 18.1 Å². The molecule has 6 heteroatoms. The second-order valence-electron chi connectivity index (χ2n) is 4.57. The van der Waals surface area contributed by atoms with Crippen LogP contribution in [-0.4, -0.2) is 37.2 Å². The predicted molar refractivity (Wildman–Crippen MR) is 86.0 cm³/mol. The number of halogens is 1. The molecule has 0 atom stereocenters. The van der Waals surface area contributed by atoms with E-state index in [1.54, 1.807) is 7.05 Å². The average molecular weight is 307 g/mol. The quantitative estimate of drug-likeness (QED) is 0.629. The van der Waals surface area contributed by atoms with Gasteiger partial charge < -0.3 is 15.0 Å². The van der Waals surface area contributed by atoms with Crippen LogP contribution >= 0.6 is 11.6 Å². The standard InChI is InChI=1S/C15H19ClN4O/c1-17-13-14(16)18-11-19-15(13)20(2)8-9-21-10-12-6-4-3-5-7-12/h3-7,11,17H,8-10H2,1-2H3. The summed E-state index contributed by atoms with van der Waals surface area (Å²) in [5.74, 6) is 0.765. The van der Waals surface area contributed by atoms with Crippen molar-refractivity contribution in [1.82, 2.24) is 9.97 Å². The van der Waals surface area contributed by atoms with E-state index < -0.39 is 0 Å². The molecule has 21 heavy (non-hydrogen) atoms. The highest BCUT2D eigenvalue weighted by Gasteiger charge is 2.12. The summed E-state index contributed by atoms with van der Waals surface area (Å²) in [5, 5.41) is 3.44. The monoisotopic (exact) mass is 306 g/mol. The molecule has 0 fully saturated rings. The highest BCUT2D eigenvalue weighted by molar-refractivity contribution is 6.32. The van der Waals surface area contributed by atoms with Crippen molar-refractivity contribution in [2.75, 3.05) is 37.5 Å². The Balaban J connectivity index is 1.85. The Morgan fingerprint density at radius 2 is 2.00 bits per heavy atom. The maximum Gasteiger partial charge on any atom is 0.157 e. The Kier molecular flexibility index (Phi) is 5.78. The minimum Gasteiger partial charge on any atom is -0.383 e. The van der Waals surface area contributed by atoms with Crippen LogP contribution in [0, 0.1) is 0 Å². The Labute approximate surface area is 129 Å². The van der Waals surface area contributed by atoms with Crippen LogP contribution < -0.4 is 10.2 Å². The van der Waals surface area contributed by atoms with Crippen LogP contribution in [0.3, 0.4) is 0 Å². The molecule has 1 aromatic carbocycles. The zero-order valence-electron chi connectivity index (χ0n) is 12.2. The third-order valence-corrected chi connectivity index (χ3v) is 3.36. The lowest BCUT2D eigenvalue weighted by Gasteiger charge is -2.21. The molecule has 5 nitrogen and oxygen atoms in total. The summed E-state index contributed by atoms with van der Waals surface area (Å²) >= 11 is 6.04. The highest BCUT2D eigenvalue weighted by Crippen LogP contribution is 2.27. The fourth-order valence-electron chi connectivity index (χ4n) is 1.93. The van der Waals surface area contributed by atoms with E-state index in [0.29, 0.717) is 18.4 Å². The first-order valence-corrected chi connectivity index (χ1v) is 7.11. The number of nitrogens with one attached hydrogen (secondary N) is 1. The van der Waals surface area contributed by atoms with Gasteiger partial charge in [-0.25, -0.2) is 9.97 Å². The molecule has 112 valence electrons. The highest BCUT2D eigenvalue weighted by atomic mass is 35.5. The van der Waals surface area contributed by atoms with Crippen molar-refractivity contribution >= 4 is 23.1 Å². The lowest BCUT2D eigenvalue weighted by molar-refractivity contribution is 0.127. The normalized spacial score (nSPS) is 10.4. The third kappa shape index (κ3) is 4.31. The van der Waals surface area contributed by atoms with Crippen molar-refractivity contribution in [2.24, 2.45) is 0 Å². The molecule has 2 rings (SSSR count). The Morgan fingerprint density at radius 3 is 2.71 bits per heavy atom. The number of nitrogens with zero attached hydrogens (tertiary/aromatic N) is 3. The topological polar surface area (TPSA) is 50.3 Å². The van der Waals surface area contributed by atoms with Gasteiger partial charge in [-0.2, -0.15) is 0 Å². The molecule has 1 N–H and O–H groups in total. The van der Waals surface area contributed by atoms with Gasteiger partial charge in [0.2, 0.25) is 0 Å². The fraction of sp³-hybridized carbons (Fsp3) is 0.333. The summed E-state index contributed by atoms with van der Waals surface area (Å²) in [4.78, 5) is 10.2. The molecule has 0 aliphatic heterocycles. The number of likely N-dealkylation sites (N-methyl/N-ethyl adjacent to an activating group) is 1. The minimum atomic E-state index is 0.416. The molecule has 1 heterocycles. The molecule has 0 saturated heterocycles. The van der Waals surface area contributed by atoms with Gasteiger partial charge in [-0.15, -0.1) is 0 Å². The molecule has 0 aliphatic carbocycles. The summed E-state index contributed by atoms with van der Waals surface area (Å²) in [5.41, 5.74) is 1.89. The average Bonchev–Trinajstić information content (AvgIpc) is 2.52. The molecule has 0 bridgehead atoms. The fourth-order valence-corrected chi connectivity index (χ4v) is 2.15. The minimum absolute atomic E-state index is 0.416. The molecule has 2 aromatic rings. The zero-order valence-corrected chi connectivity index (χ0v) is 13.0. The van der Waals surface area contributed by atoms with Gasteiger partial charge in [0.1, 0.15) is 12.0 Å².